The van der Waals surface area contributed by atoms with Crippen LogP contribution in [0.3, 0.4) is 0 Å². The molecule has 0 aliphatic heterocycles. The highest BCUT2D eigenvalue weighted by atomic mass is 79.9. The van der Waals surface area contributed by atoms with Crippen molar-refractivity contribution in [1.82, 2.24) is 15.0 Å². The van der Waals surface area contributed by atoms with Crippen molar-refractivity contribution in [2.45, 2.75) is 13.8 Å². The van der Waals surface area contributed by atoms with Crippen LogP contribution in [0.2, 0.25) is 0 Å². The fourth-order valence-electron chi connectivity index (χ4n) is 2.69. The summed E-state index contributed by atoms with van der Waals surface area (Å²) >= 11 is 3.36. The quantitative estimate of drug-likeness (QED) is 0.547. The molecule has 0 saturated heterocycles. The van der Waals surface area contributed by atoms with Crippen LogP contribution in [0.25, 0.3) is 33.5 Å². The SMILES string of the molecule is Cc1cc2oc(-c3nc4ccc(Br)cc4c(=O)[nH]3)cc2c(C)n1. The molecule has 0 unspecified atom stereocenters. The molecule has 3 aromatic heterocycles. The maximum Gasteiger partial charge on any atom is 0.259 e. The van der Waals surface area contributed by atoms with E-state index in [-0.39, 0.29) is 5.56 Å². The van der Waals surface area contributed by atoms with Gasteiger partial charge in [0.15, 0.2) is 11.6 Å². The van der Waals surface area contributed by atoms with Crippen LogP contribution < -0.4 is 5.56 Å². The van der Waals surface area contributed by atoms with E-state index in [1.54, 1.807) is 12.1 Å². The zero-order chi connectivity index (χ0) is 16.1. The molecule has 1 N–H and O–H groups in total. The van der Waals surface area contributed by atoms with E-state index in [4.69, 9.17) is 4.42 Å². The monoisotopic (exact) mass is 369 g/mol. The third-order valence-electron chi connectivity index (χ3n) is 3.74. The number of halogens is 1. The van der Waals surface area contributed by atoms with E-state index in [2.05, 4.69) is 30.9 Å². The average Bonchev–Trinajstić information content (AvgIpc) is 2.92. The Morgan fingerprint density at radius 3 is 2.74 bits per heavy atom. The lowest BCUT2D eigenvalue weighted by Crippen LogP contribution is -2.09. The zero-order valence-corrected chi connectivity index (χ0v) is 14.1. The molecule has 0 amide bonds. The van der Waals surface area contributed by atoms with Crippen molar-refractivity contribution in [3.8, 4) is 11.6 Å². The second-order valence-corrected chi connectivity index (χ2v) is 6.36. The number of H-pyrrole nitrogens is 1. The molecule has 5 nitrogen and oxygen atoms in total. The van der Waals surface area contributed by atoms with Crippen LogP contribution in [-0.4, -0.2) is 15.0 Å². The molecule has 4 aromatic rings. The lowest BCUT2D eigenvalue weighted by molar-refractivity contribution is 0.624. The highest BCUT2D eigenvalue weighted by Gasteiger charge is 2.13. The van der Waals surface area contributed by atoms with Crippen molar-refractivity contribution in [3.63, 3.8) is 0 Å². The number of nitrogens with zero attached hydrogens (tertiary/aromatic N) is 2. The summed E-state index contributed by atoms with van der Waals surface area (Å²) in [4.78, 5) is 24.0. The van der Waals surface area contributed by atoms with Crippen LogP contribution >= 0.6 is 15.9 Å². The minimum atomic E-state index is -0.196. The molecule has 0 saturated carbocycles. The number of fused-ring (bicyclic) bond motifs is 2. The standard InChI is InChI=1S/C17H12BrN3O2/c1-8-5-14-11(9(2)19-8)7-15(23-14)16-20-13-4-3-10(18)6-12(13)17(22)21-16/h3-7H,1-2H3,(H,20,21,22). The van der Waals surface area contributed by atoms with Gasteiger partial charge in [0.25, 0.3) is 5.56 Å². The molecule has 0 aliphatic rings. The van der Waals surface area contributed by atoms with Crippen LogP contribution in [0, 0.1) is 13.8 Å². The molecular formula is C17H12BrN3O2. The topological polar surface area (TPSA) is 71.8 Å². The van der Waals surface area contributed by atoms with E-state index in [1.165, 1.54) is 0 Å². The van der Waals surface area contributed by atoms with Crippen molar-refractivity contribution in [3.05, 3.63) is 56.5 Å². The molecule has 0 aliphatic carbocycles. The number of aromatic amines is 1. The predicted octanol–water partition coefficient (Wildman–Crippen LogP) is 4.11. The average molecular weight is 370 g/mol. The van der Waals surface area contributed by atoms with Crippen LogP contribution in [0.1, 0.15) is 11.4 Å². The summed E-state index contributed by atoms with van der Waals surface area (Å²) in [5, 5.41) is 1.46. The van der Waals surface area contributed by atoms with Gasteiger partial charge in [-0.2, -0.15) is 0 Å². The van der Waals surface area contributed by atoms with Crippen molar-refractivity contribution in [2.24, 2.45) is 0 Å². The number of benzene rings is 1. The number of aromatic nitrogens is 3. The summed E-state index contributed by atoms with van der Waals surface area (Å²) in [6.07, 6.45) is 0. The van der Waals surface area contributed by atoms with E-state index >= 15 is 0 Å². The Balaban J connectivity index is 1.97. The minimum Gasteiger partial charge on any atom is -0.453 e. The Hall–Kier alpha value is -2.47. The predicted molar refractivity (Wildman–Crippen MR) is 92.5 cm³/mol. The molecule has 0 atom stereocenters. The maximum atomic E-state index is 12.3. The van der Waals surface area contributed by atoms with Crippen molar-refractivity contribution >= 4 is 37.8 Å². The number of hydrogen-bond acceptors (Lipinski definition) is 4. The molecule has 0 radical (unpaired) electrons. The highest BCUT2D eigenvalue weighted by molar-refractivity contribution is 9.10. The van der Waals surface area contributed by atoms with Crippen molar-refractivity contribution in [2.75, 3.05) is 0 Å². The smallest absolute Gasteiger partial charge is 0.259 e. The van der Waals surface area contributed by atoms with Crippen LogP contribution in [0.15, 0.2) is 44.0 Å². The molecule has 4 rings (SSSR count). The summed E-state index contributed by atoms with van der Waals surface area (Å²) in [5.74, 6) is 0.940. The van der Waals surface area contributed by atoms with Gasteiger partial charge in [-0.15, -0.1) is 0 Å². The number of hydrogen-bond donors (Lipinski definition) is 1. The summed E-state index contributed by atoms with van der Waals surface area (Å²) in [6.45, 7) is 3.85. The van der Waals surface area contributed by atoms with Crippen LogP contribution in [0.5, 0.6) is 0 Å². The Morgan fingerprint density at radius 2 is 1.91 bits per heavy atom. The summed E-state index contributed by atoms with van der Waals surface area (Å²) in [5.41, 5.74) is 2.95. The van der Waals surface area contributed by atoms with E-state index < -0.39 is 0 Å². The zero-order valence-electron chi connectivity index (χ0n) is 12.5. The van der Waals surface area contributed by atoms with Crippen LogP contribution in [-0.2, 0) is 0 Å². The second-order valence-electron chi connectivity index (χ2n) is 5.45. The molecule has 3 heterocycles. The van der Waals surface area contributed by atoms with E-state index in [0.29, 0.717) is 22.5 Å². The first-order chi connectivity index (χ1) is 11.0. The van der Waals surface area contributed by atoms with Crippen molar-refractivity contribution < 1.29 is 4.42 Å². The number of furan rings is 1. The van der Waals surface area contributed by atoms with Gasteiger partial charge in [0.05, 0.1) is 10.9 Å². The van der Waals surface area contributed by atoms with Gasteiger partial charge in [-0.05, 0) is 38.1 Å². The molecule has 0 spiro atoms. The molecule has 114 valence electrons. The Morgan fingerprint density at radius 1 is 1.09 bits per heavy atom. The van der Waals surface area contributed by atoms with Crippen LogP contribution in [0.4, 0.5) is 0 Å². The molecule has 23 heavy (non-hydrogen) atoms. The normalized spacial score (nSPS) is 11.4. The van der Waals surface area contributed by atoms with E-state index in [1.807, 2.05) is 32.0 Å². The molecule has 1 aromatic carbocycles. The molecule has 0 fully saturated rings. The third kappa shape index (κ3) is 2.35. The Labute approximate surface area is 139 Å². The molecular weight excluding hydrogens is 358 g/mol. The number of nitrogens with one attached hydrogen (secondary N) is 1. The largest absolute Gasteiger partial charge is 0.453 e. The fourth-order valence-corrected chi connectivity index (χ4v) is 3.05. The highest BCUT2D eigenvalue weighted by Crippen LogP contribution is 2.28. The summed E-state index contributed by atoms with van der Waals surface area (Å²) in [7, 11) is 0. The van der Waals surface area contributed by atoms with E-state index in [0.717, 1.165) is 26.8 Å². The number of aryl methyl sites for hydroxylation is 2. The first kappa shape index (κ1) is 14.1. The number of rotatable bonds is 1. The second kappa shape index (κ2) is 5.03. The maximum absolute atomic E-state index is 12.3. The third-order valence-corrected chi connectivity index (χ3v) is 4.23. The van der Waals surface area contributed by atoms with Gasteiger partial charge in [0.1, 0.15) is 5.58 Å². The van der Waals surface area contributed by atoms with Gasteiger partial charge in [-0.25, -0.2) is 4.98 Å². The van der Waals surface area contributed by atoms with Gasteiger partial charge in [0.2, 0.25) is 0 Å². The summed E-state index contributed by atoms with van der Waals surface area (Å²) in [6, 6.07) is 9.15. The Bertz CT molecular complexity index is 1130. The Kier molecular flexibility index (Phi) is 3.09. The summed E-state index contributed by atoms with van der Waals surface area (Å²) < 4.78 is 6.70. The lowest BCUT2D eigenvalue weighted by Gasteiger charge is -2.00. The van der Waals surface area contributed by atoms with Gasteiger partial charge >= 0.3 is 0 Å². The number of pyridine rings is 1. The first-order valence-corrected chi connectivity index (χ1v) is 7.88. The van der Waals surface area contributed by atoms with Gasteiger partial charge in [-0.3, -0.25) is 9.78 Å². The molecule has 6 heteroatoms. The van der Waals surface area contributed by atoms with Gasteiger partial charge in [0, 0.05) is 27.3 Å². The van der Waals surface area contributed by atoms with E-state index in [9.17, 15) is 4.79 Å². The minimum absolute atomic E-state index is 0.196. The first-order valence-electron chi connectivity index (χ1n) is 7.09. The molecule has 0 bridgehead atoms. The fraction of sp³-hybridized carbons (Fsp3) is 0.118. The van der Waals surface area contributed by atoms with Gasteiger partial charge in [-0.1, -0.05) is 15.9 Å². The van der Waals surface area contributed by atoms with Crippen molar-refractivity contribution in [1.29, 1.82) is 0 Å². The van der Waals surface area contributed by atoms with Gasteiger partial charge < -0.3 is 9.40 Å². The lowest BCUT2D eigenvalue weighted by atomic mass is 10.2.